The van der Waals surface area contributed by atoms with Crippen molar-refractivity contribution in [3.63, 3.8) is 0 Å². The van der Waals surface area contributed by atoms with Crippen LogP contribution in [0.2, 0.25) is 0 Å². The van der Waals surface area contributed by atoms with Gasteiger partial charge in [0, 0.05) is 47.0 Å². The van der Waals surface area contributed by atoms with Crippen LogP contribution in [0, 0.1) is 0 Å². The number of rotatable bonds is 4. The Balaban J connectivity index is 1.37. The number of anilines is 3. The average molecular weight is 425 g/mol. The lowest BCUT2D eigenvalue weighted by Gasteiger charge is -2.22. The molecule has 0 bridgehead atoms. The Morgan fingerprint density at radius 2 is 1.78 bits per heavy atom. The molecule has 0 radical (unpaired) electrons. The van der Waals surface area contributed by atoms with E-state index >= 15 is 0 Å². The molecule has 160 valence electrons. The van der Waals surface area contributed by atoms with Gasteiger partial charge < -0.3 is 16.0 Å². The molecule has 3 N–H and O–H groups in total. The van der Waals surface area contributed by atoms with E-state index in [2.05, 4.69) is 10.3 Å². The van der Waals surface area contributed by atoms with Gasteiger partial charge in [0.2, 0.25) is 5.91 Å². The molecule has 0 saturated carbocycles. The van der Waals surface area contributed by atoms with Gasteiger partial charge in [0.15, 0.2) is 0 Å². The van der Waals surface area contributed by atoms with Crippen LogP contribution in [0.5, 0.6) is 0 Å². The highest BCUT2D eigenvalue weighted by Gasteiger charge is 2.38. The third-order valence-corrected chi connectivity index (χ3v) is 5.92. The smallest absolute Gasteiger partial charge is 0.255 e. The number of pyridine rings is 2. The lowest BCUT2D eigenvalue weighted by atomic mass is 10.1. The Labute approximate surface area is 185 Å². The highest BCUT2D eigenvalue weighted by molar-refractivity contribution is 6.02. The first-order valence-corrected chi connectivity index (χ1v) is 10.5. The zero-order valence-electron chi connectivity index (χ0n) is 17.6. The van der Waals surface area contributed by atoms with E-state index in [4.69, 9.17) is 5.73 Å². The normalized spacial score (nSPS) is 18.3. The van der Waals surface area contributed by atoms with Crippen LogP contribution < -0.4 is 21.5 Å². The predicted octanol–water partition coefficient (Wildman–Crippen LogP) is 3.57. The van der Waals surface area contributed by atoms with Crippen molar-refractivity contribution in [1.29, 1.82) is 0 Å². The molecule has 0 aliphatic carbocycles. The largest absolute Gasteiger partial charge is 0.383 e. The summed E-state index contributed by atoms with van der Waals surface area (Å²) in [6.07, 6.45) is 4.09. The van der Waals surface area contributed by atoms with Crippen molar-refractivity contribution in [1.82, 2.24) is 9.55 Å². The zero-order valence-corrected chi connectivity index (χ0v) is 17.6. The molecule has 0 spiro atoms. The van der Waals surface area contributed by atoms with E-state index in [-0.39, 0.29) is 23.6 Å². The first-order chi connectivity index (χ1) is 15.5. The van der Waals surface area contributed by atoms with E-state index in [1.165, 1.54) is 6.07 Å². The van der Waals surface area contributed by atoms with E-state index in [1.54, 1.807) is 23.0 Å². The van der Waals surface area contributed by atoms with Gasteiger partial charge in [0.25, 0.3) is 5.56 Å². The number of aromatic nitrogens is 2. The van der Waals surface area contributed by atoms with Gasteiger partial charge in [-0.1, -0.05) is 12.1 Å². The van der Waals surface area contributed by atoms with Crippen molar-refractivity contribution in [2.75, 3.05) is 16.0 Å². The molecule has 7 nitrogen and oxygen atoms in total. The van der Waals surface area contributed by atoms with Crippen molar-refractivity contribution in [2.24, 2.45) is 0 Å². The first kappa shape index (κ1) is 19.8. The number of nitrogens with zero attached hydrogens (tertiary/aromatic N) is 3. The summed E-state index contributed by atoms with van der Waals surface area (Å²) < 4.78 is 1.57. The van der Waals surface area contributed by atoms with Gasteiger partial charge in [-0.25, -0.2) is 4.98 Å². The Morgan fingerprint density at radius 3 is 2.56 bits per heavy atom. The summed E-state index contributed by atoms with van der Waals surface area (Å²) in [5.74, 6) is 0.484. The van der Waals surface area contributed by atoms with Crippen LogP contribution in [0.4, 0.5) is 17.2 Å². The minimum absolute atomic E-state index is 0.0152. The SMILES string of the molecule is CC1CC(Nc2ccc3ccnc(N)c3c2)C(=O)N1c1ccc(-n2ccccc2=O)cc1. The number of carbonyl (C=O) groups is 1. The molecular weight excluding hydrogens is 402 g/mol. The molecule has 2 aromatic carbocycles. The molecule has 1 saturated heterocycles. The quantitative estimate of drug-likeness (QED) is 0.521. The van der Waals surface area contributed by atoms with Crippen molar-refractivity contribution >= 4 is 33.9 Å². The lowest BCUT2D eigenvalue weighted by molar-refractivity contribution is -0.117. The molecule has 2 aromatic heterocycles. The van der Waals surface area contributed by atoms with Gasteiger partial charge in [-0.05, 0) is 67.3 Å². The molecule has 7 heteroatoms. The van der Waals surface area contributed by atoms with Crippen LogP contribution in [0.25, 0.3) is 16.5 Å². The number of nitrogen functional groups attached to an aromatic ring is 1. The van der Waals surface area contributed by atoms with Crippen LogP contribution in [-0.2, 0) is 4.79 Å². The number of nitrogens with one attached hydrogen (secondary N) is 1. The Kier molecular flexibility index (Phi) is 4.86. The van der Waals surface area contributed by atoms with Crippen LogP contribution >= 0.6 is 0 Å². The second kappa shape index (κ2) is 7.85. The van der Waals surface area contributed by atoms with Gasteiger partial charge in [0.1, 0.15) is 11.9 Å². The molecule has 1 fully saturated rings. The number of carbonyl (C=O) groups excluding carboxylic acids is 1. The maximum Gasteiger partial charge on any atom is 0.255 e. The Morgan fingerprint density at radius 1 is 1.00 bits per heavy atom. The van der Waals surface area contributed by atoms with E-state index in [1.807, 2.05) is 66.4 Å². The van der Waals surface area contributed by atoms with Crippen molar-refractivity contribution in [3.8, 4) is 5.69 Å². The molecule has 2 unspecified atom stereocenters. The molecule has 1 amide bonds. The summed E-state index contributed by atoms with van der Waals surface area (Å²) in [6, 6.07) is 20.0. The average Bonchev–Trinajstić information content (AvgIpc) is 3.07. The number of nitrogens with two attached hydrogens (primary N) is 1. The third kappa shape index (κ3) is 3.47. The summed E-state index contributed by atoms with van der Waals surface area (Å²) in [6.45, 7) is 2.04. The second-order valence-electron chi connectivity index (χ2n) is 8.05. The minimum atomic E-state index is -0.336. The van der Waals surface area contributed by atoms with Gasteiger partial charge >= 0.3 is 0 Å². The summed E-state index contributed by atoms with van der Waals surface area (Å²) in [4.78, 5) is 31.3. The fourth-order valence-electron chi connectivity index (χ4n) is 4.33. The minimum Gasteiger partial charge on any atom is -0.383 e. The van der Waals surface area contributed by atoms with Gasteiger partial charge in [0.05, 0.1) is 0 Å². The fourth-order valence-corrected chi connectivity index (χ4v) is 4.33. The molecule has 32 heavy (non-hydrogen) atoms. The van der Waals surface area contributed by atoms with Gasteiger partial charge in [-0.3, -0.25) is 14.2 Å². The molecule has 1 aliphatic heterocycles. The molecule has 1 aliphatic rings. The van der Waals surface area contributed by atoms with Crippen molar-refractivity contribution in [2.45, 2.75) is 25.4 Å². The number of fused-ring (bicyclic) bond motifs is 1. The van der Waals surface area contributed by atoms with E-state index in [0.29, 0.717) is 12.2 Å². The first-order valence-electron chi connectivity index (χ1n) is 10.5. The molecular formula is C25H23N5O2. The topological polar surface area (TPSA) is 93.2 Å². The fraction of sp³-hybridized carbons (Fsp3) is 0.160. The number of amides is 1. The maximum absolute atomic E-state index is 13.2. The number of hydrogen-bond acceptors (Lipinski definition) is 5. The molecule has 5 rings (SSSR count). The third-order valence-electron chi connectivity index (χ3n) is 5.92. The monoisotopic (exact) mass is 425 g/mol. The van der Waals surface area contributed by atoms with Gasteiger partial charge in [-0.2, -0.15) is 0 Å². The zero-order chi connectivity index (χ0) is 22.2. The van der Waals surface area contributed by atoms with Crippen LogP contribution in [0.3, 0.4) is 0 Å². The highest BCUT2D eigenvalue weighted by atomic mass is 16.2. The molecule has 3 heterocycles. The lowest BCUT2D eigenvalue weighted by Crippen LogP contribution is -2.35. The number of hydrogen-bond donors (Lipinski definition) is 2. The second-order valence-corrected chi connectivity index (χ2v) is 8.05. The Bertz CT molecular complexity index is 1360. The number of benzene rings is 2. The van der Waals surface area contributed by atoms with Crippen molar-refractivity contribution in [3.05, 3.63) is 89.5 Å². The highest BCUT2D eigenvalue weighted by Crippen LogP contribution is 2.30. The van der Waals surface area contributed by atoms with E-state index in [0.717, 1.165) is 27.8 Å². The standard InChI is InChI=1S/C25H23N5O2/c1-16-14-22(28-18-6-5-17-11-12-27-24(26)21(17)15-18)25(32)30(16)20-9-7-19(8-10-20)29-13-3-2-4-23(29)31/h2-13,15-16,22,28H,14H2,1H3,(H2,26,27). The maximum atomic E-state index is 13.2. The predicted molar refractivity (Wildman–Crippen MR) is 127 cm³/mol. The summed E-state index contributed by atoms with van der Waals surface area (Å²) in [5, 5.41) is 5.23. The molecule has 4 aromatic rings. The van der Waals surface area contributed by atoms with E-state index in [9.17, 15) is 9.59 Å². The summed E-state index contributed by atoms with van der Waals surface area (Å²) in [5.41, 5.74) is 8.32. The van der Waals surface area contributed by atoms with Crippen LogP contribution in [0.1, 0.15) is 13.3 Å². The Hall–Kier alpha value is -4.13. The molecule has 2 atom stereocenters. The van der Waals surface area contributed by atoms with E-state index < -0.39 is 0 Å². The van der Waals surface area contributed by atoms with Crippen molar-refractivity contribution < 1.29 is 4.79 Å². The van der Waals surface area contributed by atoms with Crippen LogP contribution in [0.15, 0.2) is 83.9 Å². The summed E-state index contributed by atoms with van der Waals surface area (Å²) >= 11 is 0. The summed E-state index contributed by atoms with van der Waals surface area (Å²) in [7, 11) is 0. The van der Waals surface area contributed by atoms with Crippen LogP contribution in [-0.4, -0.2) is 27.5 Å². The van der Waals surface area contributed by atoms with Gasteiger partial charge in [-0.15, -0.1) is 0 Å².